The van der Waals surface area contributed by atoms with Crippen LogP contribution in [0.1, 0.15) is 70.9 Å². The lowest BCUT2D eigenvalue weighted by Crippen LogP contribution is -2.44. The van der Waals surface area contributed by atoms with Gasteiger partial charge >= 0.3 is 5.97 Å². The Morgan fingerprint density at radius 2 is 1.60 bits per heavy atom. The van der Waals surface area contributed by atoms with Gasteiger partial charge < -0.3 is 13.9 Å². The minimum absolute atomic E-state index is 0.0846. The number of rotatable bonds is 14. The van der Waals surface area contributed by atoms with Crippen LogP contribution >= 0.6 is 0 Å². The van der Waals surface area contributed by atoms with Crippen molar-refractivity contribution in [1.82, 2.24) is 0 Å². The summed E-state index contributed by atoms with van der Waals surface area (Å²) in [5.74, 6) is 0.381. The lowest BCUT2D eigenvalue weighted by molar-refractivity contribution is -0.172. The van der Waals surface area contributed by atoms with Gasteiger partial charge in [-0.3, -0.25) is 0 Å². The average Bonchev–Trinajstić information content (AvgIpc) is 2.80. The summed E-state index contributed by atoms with van der Waals surface area (Å²) in [7, 11) is -2.00. The van der Waals surface area contributed by atoms with Crippen molar-refractivity contribution in [3.8, 4) is 5.75 Å². The predicted molar refractivity (Wildman–Crippen MR) is 148 cm³/mol. The largest absolute Gasteiger partial charge is 0.543 e. The zero-order valence-electron chi connectivity index (χ0n) is 22.5. The smallest absolute Gasteiger partial charge is 0.333 e. The zero-order chi connectivity index (χ0) is 25.7. The topological polar surface area (TPSA) is 44.8 Å². The summed E-state index contributed by atoms with van der Waals surface area (Å²) in [5.41, 5.74) is 1.94. The Morgan fingerprint density at radius 3 is 2.29 bits per heavy atom. The van der Waals surface area contributed by atoms with Gasteiger partial charge in [0, 0.05) is 18.1 Å². The second-order valence-electron chi connectivity index (χ2n) is 10.6. The van der Waals surface area contributed by atoms with Gasteiger partial charge in [0.1, 0.15) is 5.75 Å². The molecule has 0 N–H and O–H groups in total. The van der Waals surface area contributed by atoms with E-state index >= 15 is 0 Å². The van der Waals surface area contributed by atoms with E-state index in [1.165, 1.54) is 25.3 Å². The van der Waals surface area contributed by atoms with Crippen molar-refractivity contribution in [1.29, 1.82) is 0 Å². The fourth-order valence-electron chi connectivity index (χ4n) is 3.33. The number of carbonyl (C=O) groups is 1. The molecule has 0 saturated carbocycles. The zero-order valence-corrected chi connectivity index (χ0v) is 23.5. The SMILES string of the molecule is CCCCCCCOC(Cc1ccccc1)OC(=O)C=Cc1ccccc1O[Si](C)(C)C(C)(C)C. The quantitative estimate of drug-likeness (QED) is 0.0869. The first-order chi connectivity index (χ1) is 16.6. The third kappa shape index (κ3) is 10.4. The highest BCUT2D eigenvalue weighted by molar-refractivity contribution is 6.74. The molecule has 0 aliphatic rings. The van der Waals surface area contributed by atoms with Crippen molar-refractivity contribution in [2.24, 2.45) is 0 Å². The third-order valence-corrected chi connectivity index (χ3v) is 10.9. The van der Waals surface area contributed by atoms with Crippen LogP contribution in [-0.2, 0) is 20.7 Å². The number of carbonyl (C=O) groups excluding carboxylic acids is 1. The summed E-state index contributed by atoms with van der Waals surface area (Å²) >= 11 is 0. The number of unbranched alkanes of at least 4 members (excludes halogenated alkanes) is 4. The van der Waals surface area contributed by atoms with E-state index in [0.717, 1.165) is 29.7 Å². The molecule has 0 radical (unpaired) electrons. The van der Waals surface area contributed by atoms with Crippen molar-refractivity contribution in [3.05, 3.63) is 71.8 Å². The molecule has 0 aliphatic heterocycles. The first-order valence-electron chi connectivity index (χ1n) is 12.9. The highest BCUT2D eigenvalue weighted by atomic mass is 28.4. The Kier molecular flexibility index (Phi) is 11.8. The summed E-state index contributed by atoms with van der Waals surface area (Å²) in [6, 6.07) is 17.8. The molecule has 5 heteroatoms. The van der Waals surface area contributed by atoms with E-state index in [-0.39, 0.29) is 5.04 Å². The van der Waals surface area contributed by atoms with Gasteiger partial charge in [-0.05, 0) is 42.3 Å². The number of para-hydroxylation sites is 1. The normalized spacial score (nSPS) is 13.1. The van der Waals surface area contributed by atoms with Gasteiger partial charge in [-0.1, -0.05) is 102 Å². The Bertz CT molecular complexity index is 915. The number of ether oxygens (including phenoxy) is 2. The molecule has 0 spiro atoms. The van der Waals surface area contributed by atoms with E-state index in [0.29, 0.717) is 13.0 Å². The lowest BCUT2D eigenvalue weighted by atomic mass is 10.1. The molecular weight excluding hydrogens is 452 g/mol. The number of benzene rings is 2. The minimum atomic E-state index is -2.00. The van der Waals surface area contributed by atoms with E-state index in [9.17, 15) is 4.79 Å². The van der Waals surface area contributed by atoms with Gasteiger partial charge in [0.15, 0.2) is 0 Å². The van der Waals surface area contributed by atoms with Crippen LogP contribution in [0.2, 0.25) is 18.1 Å². The van der Waals surface area contributed by atoms with Crippen molar-refractivity contribution < 1.29 is 18.7 Å². The number of hydrogen-bond acceptors (Lipinski definition) is 4. The van der Waals surface area contributed by atoms with Crippen LogP contribution in [0.25, 0.3) is 6.08 Å². The molecule has 1 unspecified atom stereocenters. The standard InChI is InChI=1S/C30H44O4Si/c1-7-8-9-10-16-23-32-29(24-25-17-12-11-13-18-25)33-28(31)22-21-26-19-14-15-20-27(26)34-35(5,6)30(2,3)4/h11-15,17-22,29H,7-10,16,23-24H2,1-6H3. The summed E-state index contributed by atoms with van der Waals surface area (Å²) in [5, 5.41) is 0.0846. The van der Waals surface area contributed by atoms with Crippen molar-refractivity contribution in [3.63, 3.8) is 0 Å². The van der Waals surface area contributed by atoms with Gasteiger partial charge in [0.2, 0.25) is 6.29 Å². The number of esters is 1. The molecule has 0 amide bonds. The van der Waals surface area contributed by atoms with Crippen LogP contribution < -0.4 is 4.43 Å². The highest BCUT2D eigenvalue weighted by Gasteiger charge is 2.39. The van der Waals surface area contributed by atoms with Gasteiger partial charge in [-0.15, -0.1) is 0 Å². The molecule has 4 nitrogen and oxygen atoms in total. The van der Waals surface area contributed by atoms with E-state index < -0.39 is 20.6 Å². The molecule has 0 bridgehead atoms. The van der Waals surface area contributed by atoms with Crippen molar-refractivity contribution >= 4 is 20.4 Å². The molecule has 1 atom stereocenters. The first kappa shape index (κ1) is 28.9. The maximum absolute atomic E-state index is 12.7. The van der Waals surface area contributed by atoms with Crippen molar-refractivity contribution in [2.75, 3.05) is 6.61 Å². The molecule has 0 saturated heterocycles. The van der Waals surface area contributed by atoms with Crippen LogP contribution in [0.5, 0.6) is 5.75 Å². The Morgan fingerprint density at radius 1 is 0.943 bits per heavy atom. The first-order valence-corrected chi connectivity index (χ1v) is 15.9. The Balaban J connectivity index is 2.03. The minimum Gasteiger partial charge on any atom is -0.543 e. The van der Waals surface area contributed by atoms with E-state index in [2.05, 4.69) is 40.8 Å². The average molecular weight is 497 g/mol. The molecule has 2 aromatic carbocycles. The van der Waals surface area contributed by atoms with Crippen LogP contribution in [0.3, 0.4) is 0 Å². The number of hydrogen-bond donors (Lipinski definition) is 0. The van der Waals surface area contributed by atoms with Gasteiger partial charge in [-0.2, -0.15) is 0 Å². The molecule has 0 aromatic heterocycles. The lowest BCUT2D eigenvalue weighted by Gasteiger charge is -2.36. The summed E-state index contributed by atoms with van der Waals surface area (Å²) in [6.45, 7) is 13.9. The summed E-state index contributed by atoms with van der Waals surface area (Å²) in [4.78, 5) is 12.7. The Hall–Kier alpha value is -2.37. The second-order valence-corrected chi connectivity index (χ2v) is 15.3. The molecule has 35 heavy (non-hydrogen) atoms. The molecule has 2 aromatic rings. The molecule has 0 heterocycles. The fourth-order valence-corrected chi connectivity index (χ4v) is 4.37. The molecule has 192 valence electrons. The van der Waals surface area contributed by atoms with E-state index in [1.54, 1.807) is 6.08 Å². The summed E-state index contributed by atoms with van der Waals surface area (Å²) in [6.07, 6.45) is 8.93. The second kappa shape index (κ2) is 14.3. The van der Waals surface area contributed by atoms with Gasteiger partial charge in [0.25, 0.3) is 8.32 Å². The van der Waals surface area contributed by atoms with Crippen LogP contribution in [0.15, 0.2) is 60.7 Å². The molecule has 0 aliphatic carbocycles. The maximum Gasteiger partial charge on any atom is 0.333 e. The monoisotopic (exact) mass is 496 g/mol. The molecular formula is C30H44O4Si. The van der Waals surface area contributed by atoms with Crippen LogP contribution in [0, 0.1) is 0 Å². The highest BCUT2D eigenvalue weighted by Crippen LogP contribution is 2.38. The molecule has 0 fully saturated rings. The van der Waals surface area contributed by atoms with E-state index in [1.807, 2.05) is 54.6 Å². The predicted octanol–water partition coefficient (Wildman–Crippen LogP) is 8.18. The van der Waals surface area contributed by atoms with Gasteiger partial charge in [0.05, 0.1) is 6.61 Å². The van der Waals surface area contributed by atoms with Gasteiger partial charge in [-0.25, -0.2) is 4.79 Å². The van der Waals surface area contributed by atoms with E-state index in [4.69, 9.17) is 13.9 Å². The Labute approximate surface area is 213 Å². The third-order valence-electron chi connectivity index (χ3n) is 6.53. The van der Waals surface area contributed by atoms with Crippen molar-refractivity contribution in [2.45, 2.75) is 90.6 Å². The summed E-state index contributed by atoms with van der Waals surface area (Å²) < 4.78 is 18.2. The van der Waals surface area contributed by atoms with Crippen LogP contribution in [-0.4, -0.2) is 27.2 Å². The molecule has 2 rings (SSSR count). The van der Waals surface area contributed by atoms with Crippen LogP contribution in [0.4, 0.5) is 0 Å². The fraction of sp³-hybridized carbons (Fsp3) is 0.500. The maximum atomic E-state index is 12.7.